The van der Waals surface area contributed by atoms with E-state index >= 15 is 0 Å². The molecule has 0 radical (unpaired) electrons. The number of hydrogen-bond acceptors (Lipinski definition) is 7. The highest BCUT2D eigenvalue weighted by Gasteiger charge is 2.55. The van der Waals surface area contributed by atoms with Crippen molar-refractivity contribution in [2.45, 2.75) is 37.3 Å². The van der Waals surface area contributed by atoms with Gasteiger partial charge in [-0.25, -0.2) is 9.09 Å². The SMILES string of the molecule is COP(=O)(O)OC(C)(C1CC(SC(C)=O)CO1)[N+](C)(C)C.[OH-]. The molecule has 0 bridgehead atoms. The number of rotatable bonds is 6. The van der Waals surface area contributed by atoms with Gasteiger partial charge >= 0.3 is 7.82 Å². The second-order valence-electron chi connectivity index (χ2n) is 6.10. The van der Waals surface area contributed by atoms with E-state index in [2.05, 4.69) is 4.52 Å². The first-order chi connectivity index (χ1) is 9.41. The minimum absolute atomic E-state index is 0. The van der Waals surface area contributed by atoms with Crippen molar-refractivity contribution in [3.05, 3.63) is 0 Å². The van der Waals surface area contributed by atoms with Crippen LogP contribution >= 0.6 is 19.6 Å². The molecule has 10 heteroatoms. The van der Waals surface area contributed by atoms with Gasteiger partial charge in [0.2, 0.25) is 5.72 Å². The van der Waals surface area contributed by atoms with E-state index < -0.39 is 19.7 Å². The van der Waals surface area contributed by atoms with Crippen molar-refractivity contribution in [2.75, 3.05) is 34.9 Å². The highest BCUT2D eigenvalue weighted by atomic mass is 32.2. The number of nitrogens with zero attached hydrogens (tertiary/aromatic N) is 1. The van der Waals surface area contributed by atoms with Crippen LogP contribution in [0.2, 0.25) is 0 Å². The summed E-state index contributed by atoms with van der Waals surface area (Å²) >= 11 is 1.23. The van der Waals surface area contributed by atoms with Crippen LogP contribution in [0.25, 0.3) is 0 Å². The van der Waals surface area contributed by atoms with E-state index in [9.17, 15) is 14.3 Å². The second kappa shape index (κ2) is 7.72. The van der Waals surface area contributed by atoms with Gasteiger partial charge < -0.3 is 19.6 Å². The van der Waals surface area contributed by atoms with E-state index in [1.54, 1.807) is 6.92 Å². The van der Waals surface area contributed by atoms with Crippen molar-refractivity contribution in [1.82, 2.24) is 0 Å². The van der Waals surface area contributed by atoms with Crippen LogP contribution in [-0.4, -0.2) is 71.9 Å². The Morgan fingerprint density at radius 2 is 2.00 bits per heavy atom. The number of phosphoric acid groups is 1. The monoisotopic (exact) mass is 359 g/mol. The number of thioether (sulfide) groups is 1. The summed E-state index contributed by atoms with van der Waals surface area (Å²) < 4.78 is 27.8. The number of carbonyl (C=O) groups is 1. The Morgan fingerprint density at radius 3 is 2.41 bits per heavy atom. The third kappa shape index (κ3) is 5.28. The van der Waals surface area contributed by atoms with Crippen LogP contribution in [0.15, 0.2) is 0 Å². The standard InChI is InChI=1S/C12H24NO6PS.H2O/c1-9(14)21-10-7-11(18-8-10)12(2,13(3,4)5)19-20(15,16)17-6;/h10-11H,7-8H2,1-6H3;1H2. The smallest absolute Gasteiger partial charge is 0.476 e. The Kier molecular flexibility index (Phi) is 7.72. The molecule has 1 saturated heterocycles. The van der Waals surface area contributed by atoms with Gasteiger partial charge in [0.25, 0.3) is 0 Å². The normalized spacial score (nSPS) is 27.6. The lowest BCUT2D eigenvalue weighted by Gasteiger charge is -2.45. The fourth-order valence-electron chi connectivity index (χ4n) is 2.17. The summed E-state index contributed by atoms with van der Waals surface area (Å²) in [6.07, 6.45) is 0.157. The van der Waals surface area contributed by atoms with E-state index in [1.807, 2.05) is 21.1 Å². The molecule has 0 saturated carbocycles. The topological polar surface area (TPSA) is 112 Å². The molecule has 1 heterocycles. The predicted molar refractivity (Wildman–Crippen MR) is 82.7 cm³/mol. The Labute approximate surface area is 135 Å². The van der Waals surface area contributed by atoms with E-state index in [4.69, 9.17) is 9.26 Å². The number of carbonyl (C=O) groups excluding carboxylic acids is 1. The first kappa shape index (κ1) is 22.0. The zero-order chi connectivity index (χ0) is 16.5. The van der Waals surface area contributed by atoms with Crippen LogP contribution < -0.4 is 0 Å². The van der Waals surface area contributed by atoms with Gasteiger partial charge in [-0.15, -0.1) is 0 Å². The summed E-state index contributed by atoms with van der Waals surface area (Å²) in [5.74, 6) is 0. The van der Waals surface area contributed by atoms with E-state index in [0.29, 0.717) is 13.0 Å². The number of likely N-dealkylation sites (N-methyl/N-ethyl adjacent to an activating group) is 1. The molecule has 4 unspecified atom stereocenters. The van der Waals surface area contributed by atoms with Gasteiger partial charge in [-0.1, -0.05) is 11.8 Å². The summed E-state index contributed by atoms with van der Waals surface area (Å²) in [7, 11) is 2.52. The number of hydrogen-bond donors (Lipinski definition) is 1. The number of quaternary nitrogens is 1. The maximum absolute atomic E-state index is 11.8. The maximum atomic E-state index is 11.8. The summed E-state index contributed by atoms with van der Waals surface area (Å²) in [6, 6.07) is 0. The van der Waals surface area contributed by atoms with Gasteiger partial charge in [0.15, 0.2) is 5.12 Å². The molecule has 0 aliphatic carbocycles. The van der Waals surface area contributed by atoms with Crippen LogP contribution in [0, 0.1) is 0 Å². The molecule has 22 heavy (non-hydrogen) atoms. The first-order valence-electron chi connectivity index (χ1n) is 6.61. The average Bonchev–Trinajstić information content (AvgIpc) is 2.75. The number of ether oxygens (including phenoxy) is 1. The van der Waals surface area contributed by atoms with Crippen molar-refractivity contribution < 1.29 is 38.0 Å². The van der Waals surface area contributed by atoms with Crippen LogP contribution in [0.5, 0.6) is 0 Å². The average molecular weight is 359 g/mol. The third-order valence-corrected chi connectivity index (χ3v) is 5.81. The van der Waals surface area contributed by atoms with Crippen molar-refractivity contribution >= 4 is 24.7 Å². The Bertz CT molecular complexity index is 442. The third-order valence-electron chi connectivity index (χ3n) is 3.75. The fraction of sp³-hybridized carbons (Fsp3) is 0.917. The molecule has 0 aromatic rings. The zero-order valence-corrected chi connectivity index (χ0v) is 15.5. The maximum Gasteiger partial charge on any atom is 0.476 e. The molecular weight excluding hydrogens is 333 g/mol. The molecule has 0 amide bonds. The van der Waals surface area contributed by atoms with Crippen molar-refractivity contribution in [1.29, 1.82) is 0 Å². The fourth-order valence-corrected chi connectivity index (χ4v) is 3.96. The predicted octanol–water partition coefficient (Wildman–Crippen LogP) is 1.43. The molecule has 0 aromatic heterocycles. The first-order valence-corrected chi connectivity index (χ1v) is 8.98. The Hall–Kier alpha value is 0.01000. The van der Waals surface area contributed by atoms with Crippen molar-refractivity contribution in [3.8, 4) is 0 Å². The summed E-state index contributed by atoms with van der Waals surface area (Å²) in [5, 5.41) is 0.0597. The minimum Gasteiger partial charge on any atom is -0.870 e. The van der Waals surface area contributed by atoms with Crippen LogP contribution in [0.3, 0.4) is 0 Å². The quantitative estimate of drug-likeness (QED) is 0.431. The van der Waals surface area contributed by atoms with Crippen LogP contribution in [0.1, 0.15) is 20.3 Å². The molecule has 1 fully saturated rings. The second-order valence-corrected chi connectivity index (χ2v) is 9.06. The van der Waals surface area contributed by atoms with Gasteiger partial charge in [-0.05, 0) is 6.42 Å². The summed E-state index contributed by atoms with van der Waals surface area (Å²) in [4.78, 5) is 20.9. The van der Waals surface area contributed by atoms with Crippen molar-refractivity contribution in [2.24, 2.45) is 0 Å². The number of phosphoric ester groups is 1. The molecule has 8 nitrogen and oxygen atoms in total. The summed E-state index contributed by atoms with van der Waals surface area (Å²) in [6.45, 7) is 3.65. The van der Waals surface area contributed by atoms with Crippen molar-refractivity contribution in [3.63, 3.8) is 0 Å². The lowest BCUT2D eigenvalue weighted by Crippen LogP contribution is -2.62. The molecular formula is C12H26NO7PS. The minimum atomic E-state index is -4.16. The lowest BCUT2D eigenvalue weighted by molar-refractivity contribution is -0.948. The molecule has 1 aliphatic rings. The van der Waals surface area contributed by atoms with Gasteiger partial charge in [0, 0.05) is 26.2 Å². The zero-order valence-electron chi connectivity index (χ0n) is 13.8. The molecule has 1 rings (SSSR count). The molecule has 4 atom stereocenters. The molecule has 0 spiro atoms. The van der Waals surface area contributed by atoms with Crippen LogP contribution in [-0.2, 0) is 23.1 Å². The van der Waals surface area contributed by atoms with Gasteiger partial charge in [0.05, 0.1) is 27.7 Å². The summed E-state index contributed by atoms with van der Waals surface area (Å²) in [5.41, 5.74) is -1.08. The van der Waals surface area contributed by atoms with E-state index in [-0.39, 0.29) is 20.3 Å². The van der Waals surface area contributed by atoms with E-state index in [1.165, 1.54) is 18.7 Å². The highest BCUT2D eigenvalue weighted by Crippen LogP contribution is 2.51. The molecule has 0 aromatic carbocycles. The molecule has 2 N–H and O–H groups in total. The van der Waals surface area contributed by atoms with Gasteiger partial charge in [-0.3, -0.25) is 9.32 Å². The molecule has 132 valence electrons. The Balaban J connectivity index is 0.00000441. The van der Waals surface area contributed by atoms with Gasteiger partial charge in [-0.2, -0.15) is 0 Å². The van der Waals surface area contributed by atoms with Crippen LogP contribution in [0.4, 0.5) is 0 Å². The molecule has 1 aliphatic heterocycles. The highest BCUT2D eigenvalue weighted by molar-refractivity contribution is 8.14. The Morgan fingerprint density at radius 1 is 1.45 bits per heavy atom. The van der Waals surface area contributed by atoms with Gasteiger partial charge in [0.1, 0.15) is 6.10 Å². The largest absolute Gasteiger partial charge is 0.870 e. The van der Waals surface area contributed by atoms with E-state index in [0.717, 1.165) is 7.11 Å². The lowest BCUT2D eigenvalue weighted by atomic mass is 10.0.